The zero-order valence-electron chi connectivity index (χ0n) is 9.08. The zero-order valence-corrected chi connectivity index (χ0v) is 16.2. The summed E-state index contributed by atoms with van der Waals surface area (Å²) in [7, 11) is 15.7. The second-order valence-electron chi connectivity index (χ2n) is 5.14. The molecule has 0 aliphatic carbocycles. The fraction of sp³-hybridized carbons (Fsp3) is 1.00. The molecule has 0 aromatic rings. The van der Waals surface area contributed by atoms with Crippen LogP contribution in [-0.4, -0.2) is 34.2 Å². The monoisotopic (exact) mass is 385 g/mol. The van der Waals surface area contributed by atoms with Crippen LogP contribution < -0.4 is 0 Å². The van der Waals surface area contributed by atoms with Gasteiger partial charge in [0.05, 0.1) is 0 Å². The van der Waals surface area contributed by atoms with E-state index < -0.39 is 31.7 Å². The second-order valence-corrected chi connectivity index (χ2v) is 36.6. The van der Waals surface area contributed by atoms with Gasteiger partial charge in [0.15, 0.2) is 0 Å². The Bertz CT molecular complexity index is 149. The molecule has 0 atom stereocenters. The molecule has 0 aliphatic heterocycles. The molecule has 13 heavy (non-hydrogen) atoms. The van der Waals surface area contributed by atoms with Crippen LogP contribution in [0.25, 0.3) is 0 Å². The molecule has 1 nitrogen and oxygen atoms in total. The quantitative estimate of drug-likeness (QED) is 0.661. The molecule has 0 saturated carbocycles. The fourth-order valence-corrected chi connectivity index (χ4v) is 55.0. The molecule has 0 aliphatic rings. The van der Waals surface area contributed by atoms with E-state index in [1.165, 1.54) is 0 Å². The maximum atomic E-state index is 6.20. The average molecular weight is 385 g/mol. The summed E-state index contributed by atoms with van der Waals surface area (Å²) >= 11 is -3.42. The SMILES string of the molecule is C[Si](C)(C)[N]([Si](C)(C)C)[Sn]([Cl])([Cl])[Cl]. The molecule has 0 spiro atoms. The summed E-state index contributed by atoms with van der Waals surface area (Å²) in [5, 5.41) is 0. The third-order valence-electron chi connectivity index (χ3n) is 1.60. The van der Waals surface area contributed by atoms with Gasteiger partial charge in [-0.3, -0.25) is 0 Å². The molecule has 0 aromatic carbocycles. The molecule has 0 saturated heterocycles. The number of hydrogen-bond acceptors (Lipinski definition) is 1. The summed E-state index contributed by atoms with van der Waals surface area (Å²) in [5.41, 5.74) is 0. The van der Waals surface area contributed by atoms with Crippen molar-refractivity contribution in [3.63, 3.8) is 0 Å². The number of rotatable bonds is 3. The van der Waals surface area contributed by atoms with Crippen LogP contribution in [0.3, 0.4) is 0 Å². The Labute approximate surface area is 99.3 Å². The van der Waals surface area contributed by atoms with E-state index in [-0.39, 0.29) is 0 Å². The molecule has 0 heterocycles. The van der Waals surface area contributed by atoms with E-state index in [4.69, 9.17) is 26.8 Å². The normalized spacial score (nSPS) is 15.2. The van der Waals surface area contributed by atoms with Gasteiger partial charge in [0.1, 0.15) is 0 Å². The van der Waals surface area contributed by atoms with Gasteiger partial charge in [0, 0.05) is 0 Å². The number of nitrogens with zero attached hydrogens (tertiary/aromatic N) is 1. The van der Waals surface area contributed by atoms with E-state index >= 15 is 0 Å². The van der Waals surface area contributed by atoms with Crippen LogP contribution in [0.4, 0.5) is 0 Å². The maximum absolute atomic E-state index is 6.20. The van der Waals surface area contributed by atoms with Crippen LogP contribution >= 0.6 is 26.8 Å². The third kappa shape index (κ3) is 5.08. The van der Waals surface area contributed by atoms with E-state index in [9.17, 15) is 0 Å². The first kappa shape index (κ1) is 15.1. The Morgan fingerprint density at radius 1 is 0.769 bits per heavy atom. The molecule has 0 fully saturated rings. The standard InChI is InChI=1S/C6H18NSi2.3ClH.Sn/c1-8(2,3)7-9(4,5)6;;;;/h1-6H3;3*1H;/q-1;;;;+4/p-3. The number of hydrogen-bond donors (Lipinski definition) is 0. The minimum absolute atomic E-state index is 1.46. The summed E-state index contributed by atoms with van der Waals surface area (Å²) in [5.74, 6) is 0. The predicted octanol–water partition coefficient (Wildman–Crippen LogP) is 4.11. The molecule has 0 aromatic heterocycles. The summed E-state index contributed by atoms with van der Waals surface area (Å²) in [6.07, 6.45) is 0. The van der Waals surface area contributed by atoms with Gasteiger partial charge in [-0.1, -0.05) is 0 Å². The Kier molecular flexibility index (Phi) is 5.23. The van der Waals surface area contributed by atoms with Crippen LogP contribution in [-0.2, 0) is 0 Å². The van der Waals surface area contributed by atoms with Crippen molar-refractivity contribution >= 4 is 58.5 Å². The van der Waals surface area contributed by atoms with E-state index in [0.29, 0.717) is 0 Å². The van der Waals surface area contributed by atoms with Crippen LogP contribution in [0, 0.1) is 0 Å². The van der Waals surface area contributed by atoms with Crippen LogP contribution in [0.5, 0.6) is 0 Å². The summed E-state index contributed by atoms with van der Waals surface area (Å²) in [6.45, 7) is 13.5. The summed E-state index contributed by atoms with van der Waals surface area (Å²) in [4.78, 5) is 0. The molecule has 80 valence electrons. The van der Waals surface area contributed by atoms with E-state index in [0.717, 1.165) is 0 Å². The van der Waals surface area contributed by atoms with Gasteiger partial charge in [-0.2, -0.15) is 0 Å². The van der Waals surface area contributed by atoms with Crippen molar-refractivity contribution in [3.05, 3.63) is 0 Å². The van der Waals surface area contributed by atoms with E-state index in [1.807, 2.05) is 0 Å². The van der Waals surface area contributed by atoms with Crippen molar-refractivity contribution in [3.8, 4) is 0 Å². The van der Waals surface area contributed by atoms with Crippen molar-refractivity contribution < 1.29 is 0 Å². The molecule has 0 amide bonds. The summed E-state index contributed by atoms with van der Waals surface area (Å²) in [6, 6.07) is 0. The Morgan fingerprint density at radius 3 is 1.00 bits per heavy atom. The van der Waals surface area contributed by atoms with Gasteiger partial charge < -0.3 is 0 Å². The van der Waals surface area contributed by atoms with Crippen LogP contribution in [0.1, 0.15) is 0 Å². The van der Waals surface area contributed by atoms with Crippen molar-refractivity contribution in [2.24, 2.45) is 0 Å². The molecule has 0 radical (unpaired) electrons. The Hall–Kier alpha value is 2.06. The Morgan fingerprint density at radius 2 is 1.00 bits per heavy atom. The van der Waals surface area contributed by atoms with E-state index in [1.54, 1.807) is 0 Å². The minimum atomic E-state index is -3.42. The van der Waals surface area contributed by atoms with Crippen LogP contribution in [0.15, 0.2) is 0 Å². The first-order valence-corrected chi connectivity index (χ1v) is 23.3. The van der Waals surface area contributed by atoms with Crippen molar-refractivity contribution in [2.45, 2.75) is 39.3 Å². The Balaban J connectivity index is 5.02. The van der Waals surface area contributed by atoms with Gasteiger partial charge in [0.2, 0.25) is 0 Å². The van der Waals surface area contributed by atoms with Gasteiger partial charge in [-0.05, 0) is 0 Å². The fourth-order valence-electron chi connectivity index (χ4n) is 1.77. The topological polar surface area (TPSA) is 3.24 Å². The molecule has 0 rings (SSSR count). The van der Waals surface area contributed by atoms with Gasteiger partial charge >= 0.3 is 100 Å². The first-order chi connectivity index (χ1) is 5.37. The van der Waals surface area contributed by atoms with Crippen molar-refractivity contribution in [2.75, 3.05) is 0 Å². The van der Waals surface area contributed by atoms with Crippen molar-refractivity contribution in [1.82, 2.24) is 2.45 Å². The third-order valence-corrected chi connectivity index (χ3v) is 34.8. The van der Waals surface area contributed by atoms with Crippen LogP contribution in [0.2, 0.25) is 39.3 Å². The molecule has 0 N–H and O–H groups in total. The molecule has 0 unspecified atom stereocenters. The molecule has 7 heteroatoms. The van der Waals surface area contributed by atoms with Gasteiger partial charge in [-0.15, -0.1) is 0 Å². The average Bonchev–Trinajstić information content (AvgIpc) is 1.44. The molecule has 0 bridgehead atoms. The van der Waals surface area contributed by atoms with Crippen molar-refractivity contribution in [1.29, 1.82) is 0 Å². The zero-order chi connectivity index (χ0) is 11.1. The van der Waals surface area contributed by atoms with E-state index in [2.05, 4.69) is 41.7 Å². The number of halogens is 3. The van der Waals surface area contributed by atoms with Gasteiger partial charge in [-0.25, -0.2) is 0 Å². The second kappa shape index (κ2) is 4.51. The molecular formula is C6H18Cl3NSi2Sn. The molecular weight excluding hydrogens is 367 g/mol. The predicted molar refractivity (Wildman–Crippen MR) is 71.8 cm³/mol. The van der Waals surface area contributed by atoms with Gasteiger partial charge in [0.25, 0.3) is 0 Å². The summed E-state index contributed by atoms with van der Waals surface area (Å²) < 4.78 is 2.35. The first-order valence-electron chi connectivity index (χ1n) is 4.24.